The lowest BCUT2D eigenvalue weighted by Crippen LogP contribution is -2.28. The SMILES string of the molecule is CCOc1ccc(NC(=O)Cc2ccc(OC)cc2)cc1S(=O)(=O)N1CCCC1. The van der Waals surface area contributed by atoms with Crippen molar-refractivity contribution in [1.29, 1.82) is 0 Å². The number of carbonyl (C=O) groups excluding carboxylic acids is 1. The van der Waals surface area contributed by atoms with Crippen molar-refractivity contribution in [1.82, 2.24) is 4.31 Å². The maximum Gasteiger partial charge on any atom is 0.246 e. The molecule has 0 aromatic heterocycles. The summed E-state index contributed by atoms with van der Waals surface area (Å²) in [5.41, 5.74) is 1.25. The number of anilines is 1. The molecule has 2 aromatic rings. The molecule has 0 unspecified atom stereocenters. The molecule has 8 heteroatoms. The smallest absolute Gasteiger partial charge is 0.246 e. The fourth-order valence-corrected chi connectivity index (χ4v) is 4.94. The van der Waals surface area contributed by atoms with Gasteiger partial charge in [0.1, 0.15) is 16.4 Å². The third-order valence-electron chi connectivity index (χ3n) is 4.73. The minimum absolute atomic E-state index is 0.0866. The van der Waals surface area contributed by atoms with Gasteiger partial charge in [-0.25, -0.2) is 8.42 Å². The predicted molar refractivity (Wildman–Crippen MR) is 111 cm³/mol. The summed E-state index contributed by atoms with van der Waals surface area (Å²) >= 11 is 0. The number of benzene rings is 2. The van der Waals surface area contributed by atoms with Crippen LogP contribution < -0.4 is 14.8 Å². The second kappa shape index (κ2) is 9.28. The van der Waals surface area contributed by atoms with Gasteiger partial charge in [-0.05, 0) is 55.7 Å². The van der Waals surface area contributed by atoms with E-state index < -0.39 is 10.0 Å². The summed E-state index contributed by atoms with van der Waals surface area (Å²) in [5, 5.41) is 2.78. The number of sulfonamides is 1. The first-order chi connectivity index (χ1) is 13.9. The molecule has 1 aliphatic heterocycles. The van der Waals surface area contributed by atoms with Gasteiger partial charge >= 0.3 is 0 Å². The molecule has 0 aliphatic carbocycles. The first-order valence-electron chi connectivity index (χ1n) is 9.64. The normalized spacial score (nSPS) is 14.6. The second-order valence-electron chi connectivity index (χ2n) is 6.78. The Morgan fingerprint density at radius 3 is 2.41 bits per heavy atom. The van der Waals surface area contributed by atoms with E-state index in [0.29, 0.717) is 31.1 Å². The lowest BCUT2D eigenvalue weighted by molar-refractivity contribution is -0.115. The molecule has 2 aromatic carbocycles. The van der Waals surface area contributed by atoms with Crippen molar-refractivity contribution >= 4 is 21.6 Å². The van der Waals surface area contributed by atoms with Crippen molar-refractivity contribution in [2.45, 2.75) is 31.1 Å². The van der Waals surface area contributed by atoms with Crippen LogP contribution in [0.2, 0.25) is 0 Å². The first kappa shape index (κ1) is 21.1. The zero-order chi connectivity index (χ0) is 20.9. The minimum Gasteiger partial charge on any atom is -0.497 e. The number of nitrogens with one attached hydrogen (secondary N) is 1. The molecule has 1 fully saturated rings. The molecular weight excluding hydrogens is 392 g/mol. The van der Waals surface area contributed by atoms with Crippen molar-refractivity contribution in [2.24, 2.45) is 0 Å². The Morgan fingerprint density at radius 1 is 1.10 bits per heavy atom. The van der Waals surface area contributed by atoms with Gasteiger partial charge in [-0.2, -0.15) is 4.31 Å². The van der Waals surface area contributed by atoms with Gasteiger partial charge in [0, 0.05) is 18.8 Å². The summed E-state index contributed by atoms with van der Waals surface area (Å²) in [4.78, 5) is 12.5. The highest BCUT2D eigenvalue weighted by Gasteiger charge is 2.30. The van der Waals surface area contributed by atoms with Crippen LogP contribution in [0.5, 0.6) is 11.5 Å². The molecule has 0 atom stereocenters. The third-order valence-corrected chi connectivity index (χ3v) is 6.65. The van der Waals surface area contributed by atoms with Crippen LogP contribution in [0.25, 0.3) is 0 Å². The number of hydrogen-bond donors (Lipinski definition) is 1. The van der Waals surface area contributed by atoms with E-state index in [1.54, 1.807) is 38.3 Å². The molecule has 1 heterocycles. The lowest BCUT2D eigenvalue weighted by atomic mass is 10.1. The quantitative estimate of drug-likeness (QED) is 0.712. The fraction of sp³-hybridized carbons (Fsp3) is 0.381. The zero-order valence-electron chi connectivity index (χ0n) is 16.7. The molecular formula is C21H26N2O5S. The van der Waals surface area contributed by atoms with E-state index in [1.165, 1.54) is 10.4 Å². The summed E-state index contributed by atoms with van der Waals surface area (Å²) < 4.78 is 38.2. The third kappa shape index (κ3) is 5.07. The monoisotopic (exact) mass is 418 g/mol. The largest absolute Gasteiger partial charge is 0.497 e. The Bertz CT molecular complexity index is 952. The number of amides is 1. The zero-order valence-corrected chi connectivity index (χ0v) is 17.5. The number of carbonyl (C=O) groups is 1. The summed E-state index contributed by atoms with van der Waals surface area (Å²) in [6.45, 7) is 3.16. The highest BCUT2D eigenvalue weighted by atomic mass is 32.2. The number of ether oxygens (including phenoxy) is 2. The molecule has 1 N–H and O–H groups in total. The highest BCUT2D eigenvalue weighted by Crippen LogP contribution is 2.31. The molecule has 0 radical (unpaired) electrons. The van der Waals surface area contributed by atoms with Gasteiger partial charge in [-0.1, -0.05) is 12.1 Å². The number of hydrogen-bond acceptors (Lipinski definition) is 5. The molecule has 0 bridgehead atoms. The van der Waals surface area contributed by atoms with Crippen LogP contribution in [-0.4, -0.2) is 45.4 Å². The second-order valence-corrected chi connectivity index (χ2v) is 8.69. The van der Waals surface area contributed by atoms with Gasteiger partial charge in [-0.3, -0.25) is 4.79 Å². The Labute approximate surface area is 171 Å². The highest BCUT2D eigenvalue weighted by molar-refractivity contribution is 7.89. The van der Waals surface area contributed by atoms with Crippen LogP contribution in [0.4, 0.5) is 5.69 Å². The van der Waals surface area contributed by atoms with Crippen LogP contribution in [0.15, 0.2) is 47.4 Å². The van der Waals surface area contributed by atoms with Crippen LogP contribution in [0.1, 0.15) is 25.3 Å². The molecule has 1 saturated heterocycles. The summed E-state index contributed by atoms with van der Waals surface area (Å²) in [7, 11) is -2.09. The Kier molecular flexibility index (Phi) is 6.76. The van der Waals surface area contributed by atoms with E-state index in [2.05, 4.69) is 5.32 Å². The Hall–Kier alpha value is -2.58. The van der Waals surface area contributed by atoms with Gasteiger partial charge in [0.2, 0.25) is 15.9 Å². The molecule has 3 rings (SSSR count). The van der Waals surface area contributed by atoms with Gasteiger partial charge in [0.25, 0.3) is 0 Å². The maximum absolute atomic E-state index is 13.0. The van der Waals surface area contributed by atoms with E-state index >= 15 is 0 Å². The van der Waals surface area contributed by atoms with Crippen LogP contribution in [0.3, 0.4) is 0 Å². The van der Waals surface area contributed by atoms with E-state index in [0.717, 1.165) is 24.2 Å². The maximum atomic E-state index is 13.0. The van der Waals surface area contributed by atoms with E-state index in [9.17, 15) is 13.2 Å². The first-order valence-corrected chi connectivity index (χ1v) is 11.1. The van der Waals surface area contributed by atoms with Gasteiger partial charge < -0.3 is 14.8 Å². The van der Waals surface area contributed by atoms with Crippen LogP contribution in [-0.2, 0) is 21.2 Å². The molecule has 1 aliphatic rings. The lowest BCUT2D eigenvalue weighted by Gasteiger charge is -2.19. The average Bonchev–Trinajstić information content (AvgIpc) is 3.25. The van der Waals surface area contributed by atoms with E-state index in [-0.39, 0.29) is 17.2 Å². The van der Waals surface area contributed by atoms with Crippen LogP contribution in [0, 0.1) is 0 Å². The Balaban J connectivity index is 1.79. The van der Waals surface area contributed by atoms with E-state index in [1.807, 2.05) is 12.1 Å². The Morgan fingerprint density at radius 2 is 1.79 bits per heavy atom. The fourth-order valence-electron chi connectivity index (χ4n) is 3.26. The molecule has 156 valence electrons. The predicted octanol–water partition coefficient (Wildman–Crippen LogP) is 3.06. The number of nitrogens with zero attached hydrogens (tertiary/aromatic N) is 1. The number of rotatable bonds is 8. The van der Waals surface area contributed by atoms with Crippen LogP contribution >= 0.6 is 0 Å². The summed E-state index contributed by atoms with van der Waals surface area (Å²) in [6, 6.07) is 11.9. The molecule has 7 nitrogen and oxygen atoms in total. The molecule has 0 spiro atoms. The topological polar surface area (TPSA) is 84.9 Å². The van der Waals surface area contributed by atoms with Gasteiger partial charge in [0.05, 0.1) is 20.1 Å². The van der Waals surface area contributed by atoms with Gasteiger partial charge in [0.15, 0.2) is 0 Å². The van der Waals surface area contributed by atoms with Gasteiger partial charge in [-0.15, -0.1) is 0 Å². The summed E-state index contributed by atoms with van der Waals surface area (Å²) in [5.74, 6) is 0.786. The van der Waals surface area contributed by atoms with Crippen molar-refractivity contribution in [3.63, 3.8) is 0 Å². The number of methoxy groups -OCH3 is 1. The molecule has 1 amide bonds. The summed E-state index contributed by atoms with van der Waals surface area (Å²) in [6.07, 6.45) is 1.87. The van der Waals surface area contributed by atoms with Crippen molar-refractivity contribution in [3.8, 4) is 11.5 Å². The molecule has 0 saturated carbocycles. The van der Waals surface area contributed by atoms with Crippen molar-refractivity contribution < 1.29 is 22.7 Å². The minimum atomic E-state index is -3.67. The average molecular weight is 419 g/mol. The van der Waals surface area contributed by atoms with Crippen molar-refractivity contribution in [3.05, 3.63) is 48.0 Å². The van der Waals surface area contributed by atoms with Crippen molar-refractivity contribution in [2.75, 3.05) is 32.1 Å². The molecule has 29 heavy (non-hydrogen) atoms. The van der Waals surface area contributed by atoms with E-state index in [4.69, 9.17) is 9.47 Å². The standard InChI is InChI=1S/C21H26N2O5S/c1-3-28-19-11-8-17(15-20(19)29(25,26)23-12-4-5-13-23)22-21(24)14-16-6-9-18(27-2)10-7-16/h6-11,15H,3-5,12-14H2,1-2H3,(H,22,24).